The molecule has 0 fully saturated rings. The van der Waals surface area contributed by atoms with Gasteiger partial charge in [0.1, 0.15) is 0 Å². The zero-order valence-corrected chi connectivity index (χ0v) is 12.1. The summed E-state index contributed by atoms with van der Waals surface area (Å²) in [5, 5.41) is 0. The van der Waals surface area contributed by atoms with Crippen LogP contribution in [0.1, 0.15) is 59.8 Å². The average molecular weight is 225 g/mol. The minimum atomic E-state index is 0.860. The summed E-state index contributed by atoms with van der Waals surface area (Å²) >= 11 is 0. The van der Waals surface area contributed by atoms with E-state index in [1.54, 1.807) is 5.57 Å². The molecule has 0 saturated carbocycles. The SMILES string of the molecule is CCC(CC)C1=CCN(C)CC1.CCCC. The summed E-state index contributed by atoms with van der Waals surface area (Å²) in [5.41, 5.74) is 1.71. The normalized spacial score (nSPS) is 16.8. The fourth-order valence-corrected chi connectivity index (χ4v) is 1.97. The molecule has 1 heteroatoms. The third-order valence-electron chi connectivity index (χ3n) is 3.46. The molecular formula is C15H31N. The fraction of sp³-hybridized carbons (Fsp3) is 0.867. The summed E-state index contributed by atoms with van der Waals surface area (Å²) in [4.78, 5) is 2.38. The zero-order chi connectivity index (χ0) is 12.4. The van der Waals surface area contributed by atoms with Gasteiger partial charge in [0.2, 0.25) is 0 Å². The van der Waals surface area contributed by atoms with Crippen LogP contribution in [-0.2, 0) is 0 Å². The van der Waals surface area contributed by atoms with Gasteiger partial charge in [0.05, 0.1) is 0 Å². The van der Waals surface area contributed by atoms with Crippen LogP contribution < -0.4 is 0 Å². The van der Waals surface area contributed by atoms with Crippen LogP contribution in [0.3, 0.4) is 0 Å². The highest BCUT2D eigenvalue weighted by Gasteiger charge is 2.14. The molecule has 0 saturated heterocycles. The van der Waals surface area contributed by atoms with Crippen LogP contribution in [0.4, 0.5) is 0 Å². The molecule has 16 heavy (non-hydrogen) atoms. The van der Waals surface area contributed by atoms with Gasteiger partial charge in [-0.25, -0.2) is 0 Å². The molecule has 0 bridgehead atoms. The second-order valence-electron chi connectivity index (χ2n) is 4.80. The molecule has 0 N–H and O–H groups in total. The molecule has 0 amide bonds. The first-order valence-electron chi connectivity index (χ1n) is 7.06. The summed E-state index contributed by atoms with van der Waals surface area (Å²) in [6.07, 6.45) is 8.99. The Bertz CT molecular complexity index is 178. The van der Waals surface area contributed by atoms with Gasteiger partial charge in [-0.15, -0.1) is 0 Å². The Hall–Kier alpha value is -0.300. The quantitative estimate of drug-likeness (QED) is 0.637. The van der Waals surface area contributed by atoms with Crippen molar-refractivity contribution >= 4 is 0 Å². The van der Waals surface area contributed by atoms with Crippen LogP contribution >= 0.6 is 0 Å². The third-order valence-corrected chi connectivity index (χ3v) is 3.46. The van der Waals surface area contributed by atoms with Crippen LogP contribution in [0.5, 0.6) is 0 Å². The highest BCUT2D eigenvalue weighted by Crippen LogP contribution is 2.24. The zero-order valence-electron chi connectivity index (χ0n) is 12.1. The molecule has 96 valence electrons. The van der Waals surface area contributed by atoms with Crippen LogP contribution in [0.2, 0.25) is 0 Å². The standard InChI is InChI=1S/C11H21N.C4H10/c1-4-10(5-2)11-6-8-12(3)9-7-11;1-3-4-2/h6,10H,4-5,7-9H2,1-3H3;3-4H2,1-2H3. The molecule has 0 atom stereocenters. The lowest BCUT2D eigenvalue weighted by atomic mass is 9.89. The Balaban J connectivity index is 0.000000487. The summed E-state index contributed by atoms with van der Waals surface area (Å²) in [7, 11) is 2.19. The van der Waals surface area contributed by atoms with Crippen molar-refractivity contribution in [3.05, 3.63) is 11.6 Å². The Morgan fingerprint density at radius 3 is 2.00 bits per heavy atom. The molecule has 0 radical (unpaired) electrons. The summed E-state index contributed by atoms with van der Waals surface area (Å²) < 4.78 is 0. The van der Waals surface area contributed by atoms with E-state index in [0.29, 0.717) is 0 Å². The Morgan fingerprint density at radius 2 is 1.69 bits per heavy atom. The second-order valence-corrected chi connectivity index (χ2v) is 4.80. The first kappa shape index (κ1) is 15.7. The number of hydrogen-bond acceptors (Lipinski definition) is 1. The number of hydrogen-bond donors (Lipinski definition) is 0. The van der Waals surface area contributed by atoms with Crippen molar-refractivity contribution in [2.45, 2.75) is 59.8 Å². The first-order chi connectivity index (χ1) is 7.69. The van der Waals surface area contributed by atoms with Gasteiger partial charge < -0.3 is 4.90 Å². The maximum atomic E-state index is 2.43. The molecule has 1 aliphatic heterocycles. The summed E-state index contributed by atoms with van der Waals surface area (Å²) in [6, 6.07) is 0. The van der Waals surface area contributed by atoms with Gasteiger partial charge in [0.15, 0.2) is 0 Å². The van der Waals surface area contributed by atoms with Crippen molar-refractivity contribution in [3.63, 3.8) is 0 Å². The Kier molecular flexibility index (Phi) is 9.71. The van der Waals surface area contributed by atoms with Crippen molar-refractivity contribution in [3.8, 4) is 0 Å². The van der Waals surface area contributed by atoms with Crippen molar-refractivity contribution in [2.75, 3.05) is 20.1 Å². The van der Waals surface area contributed by atoms with Crippen LogP contribution in [0, 0.1) is 5.92 Å². The Labute approximate surface area is 103 Å². The Morgan fingerprint density at radius 1 is 1.12 bits per heavy atom. The number of rotatable bonds is 4. The van der Waals surface area contributed by atoms with Crippen molar-refractivity contribution in [1.82, 2.24) is 4.90 Å². The van der Waals surface area contributed by atoms with E-state index in [-0.39, 0.29) is 0 Å². The van der Waals surface area contributed by atoms with Gasteiger partial charge in [-0.3, -0.25) is 0 Å². The van der Waals surface area contributed by atoms with E-state index in [1.165, 1.54) is 38.6 Å². The van der Waals surface area contributed by atoms with Crippen LogP contribution in [0.15, 0.2) is 11.6 Å². The predicted molar refractivity (Wildman–Crippen MR) is 74.9 cm³/mol. The molecule has 0 unspecified atom stereocenters. The molecule has 1 nitrogen and oxygen atoms in total. The van der Waals surface area contributed by atoms with Gasteiger partial charge >= 0.3 is 0 Å². The number of unbranched alkanes of at least 4 members (excludes halogenated alkanes) is 1. The highest BCUT2D eigenvalue weighted by atomic mass is 15.1. The van der Waals surface area contributed by atoms with Gasteiger partial charge in [-0.05, 0) is 32.2 Å². The molecule has 1 aliphatic rings. The minimum absolute atomic E-state index is 0.860. The lowest BCUT2D eigenvalue weighted by Gasteiger charge is -2.26. The molecule has 1 heterocycles. The molecule has 0 aromatic rings. The number of nitrogens with zero attached hydrogens (tertiary/aromatic N) is 1. The molecule has 0 aromatic heterocycles. The predicted octanol–water partition coefficient (Wildman–Crippen LogP) is 4.49. The lowest BCUT2D eigenvalue weighted by molar-refractivity contribution is 0.344. The van der Waals surface area contributed by atoms with Gasteiger partial charge in [-0.1, -0.05) is 52.2 Å². The number of likely N-dealkylation sites (N-methyl/N-ethyl adjacent to an activating group) is 1. The van der Waals surface area contributed by atoms with Gasteiger partial charge in [0, 0.05) is 13.1 Å². The highest BCUT2D eigenvalue weighted by molar-refractivity contribution is 5.10. The smallest absolute Gasteiger partial charge is 0.0163 e. The van der Waals surface area contributed by atoms with E-state index in [9.17, 15) is 0 Å². The largest absolute Gasteiger partial charge is 0.302 e. The molecule has 0 spiro atoms. The van der Waals surface area contributed by atoms with E-state index in [1.807, 2.05) is 0 Å². The maximum absolute atomic E-state index is 2.43. The average Bonchev–Trinajstić information content (AvgIpc) is 2.33. The van der Waals surface area contributed by atoms with E-state index in [4.69, 9.17) is 0 Å². The fourth-order valence-electron chi connectivity index (χ4n) is 1.97. The van der Waals surface area contributed by atoms with E-state index >= 15 is 0 Å². The lowest BCUT2D eigenvalue weighted by Crippen LogP contribution is -2.25. The van der Waals surface area contributed by atoms with Gasteiger partial charge in [-0.2, -0.15) is 0 Å². The summed E-state index contributed by atoms with van der Waals surface area (Å²) in [5.74, 6) is 0.860. The second kappa shape index (κ2) is 9.89. The van der Waals surface area contributed by atoms with E-state index < -0.39 is 0 Å². The van der Waals surface area contributed by atoms with Crippen molar-refractivity contribution < 1.29 is 0 Å². The van der Waals surface area contributed by atoms with Gasteiger partial charge in [0.25, 0.3) is 0 Å². The van der Waals surface area contributed by atoms with E-state index in [2.05, 4.69) is 45.7 Å². The van der Waals surface area contributed by atoms with Crippen molar-refractivity contribution in [2.24, 2.45) is 5.92 Å². The summed E-state index contributed by atoms with van der Waals surface area (Å²) in [6.45, 7) is 11.4. The van der Waals surface area contributed by atoms with Crippen LogP contribution in [0.25, 0.3) is 0 Å². The third kappa shape index (κ3) is 6.32. The molecule has 1 rings (SSSR count). The van der Waals surface area contributed by atoms with E-state index in [0.717, 1.165) is 12.5 Å². The monoisotopic (exact) mass is 225 g/mol. The molecule has 0 aromatic carbocycles. The first-order valence-corrected chi connectivity index (χ1v) is 7.06. The minimum Gasteiger partial charge on any atom is -0.302 e. The maximum Gasteiger partial charge on any atom is 0.0163 e. The molecule has 0 aliphatic carbocycles. The van der Waals surface area contributed by atoms with Crippen molar-refractivity contribution in [1.29, 1.82) is 0 Å². The molecular weight excluding hydrogens is 194 g/mol. The topological polar surface area (TPSA) is 3.24 Å². The van der Waals surface area contributed by atoms with Crippen LogP contribution in [-0.4, -0.2) is 25.0 Å².